The number of carbonyl (C=O) groups is 1. The van der Waals surface area contributed by atoms with E-state index in [1.54, 1.807) is 6.07 Å². The molecular formula is C13H20ClN3O. The van der Waals surface area contributed by atoms with Crippen LogP contribution in [0.25, 0.3) is 0 Å². The van der Waals surface area contributed by atoms with Crippen molar-refractivity contribution in [1.82, 2.24) is 14.8 Å². The first-order valence-corrected chi connectivity index (χ1v) is 6.72. The van der Waals surface area contributed by atoms with E-state index in [1.807, 2.05) is 22.6 Å². The second-order valence-corrected chi connectivity index (χ2v) is 5.71. The number of nitrogens with one attached hydrogen (secondary N) is 1. The molecule has 1 saturated heterocycles. The van der Waals surface area contributed by atoms with Crippen molar-refractivity contribution in [3.63, 3.8) is 0 Å². The lowest BCUT2D eigenvalue weighted by Crippen LogP contribution is -2.60. The molecule has 1 amide bonds. The Labute approximate surface area is 113 Å². The number of rotatable bonds is 2. The summed E-state index contributed by atoms with van der Waals surface area (Å²) in [7, 11) is 0. The van der Waals surface area contributed by atoms with Crippen molar-refractivity contribution >= 4 is 17.5 Å². The number of aromatic nitrogens is 1. The molecule has 1 aromatic rings. The molecule has 1 aromatic heterocycles. The monoisotopic (exact) mass is 269 g/mol. The molecule has 0 aliphatic carbocycles. The van der Waals surface area contributed by atoms with Crippen molar-refractivity contribution in [3.8, 4) is 0 Å². The van der Waals surface area contributed by atoms with Gasteiger partial charge < -0.3 is 14.8 Å². The first kappa shape index (κ1) is 13.4. The molecule has 0 saturated carbocycles. The SMILES string of the molecule is CCn1cc(Cl)cc1C(=O)N1CCNCC1(C)C. The van der Waals surface area contributed by atoms with Crippen molar-refractivity contribution < 1.29 is 4.79 Å². The quantitative estimate of drug-likeness (QED) is 0.892. The van der Waals surface area contributed by atoms with Gasteiger partial charge in [0.25, 0.3) is 5.91 Å². The number of halogens is 1. The van der Waals surface area contributed by atoms with Crippen LogP contribution in [0, 0.1) is 0 Å². The molecule has 0 aromatic carbocycles. The molecule has 100 valence electrons. The molecule has 0 unspecified atom stereocenters. The molecule has 0 bridgehead atoms. The highest BCUT2D eigenvalue weighted by Crippen LogP contribution is 2.22. The van der Waals surface area contributed by atoms with Gasteiger partial charge in [0.1, 0.15) is 5.69 Å². The number of piperazine rings is 1. The van der Waals surface area contributed by atoms with Gasteiger partial charge in [0.05, 0.1) is 10.6 Å². The summed E-state index contributed by atoms with van der Waals surface area (Å²) in [5.41, 5.74) is 0.516. The zero-order valence-electron chi connectivity index (χ0n) is 11.2. The Kier molecular flexibility index (Phi) is 3.69. The Morgan fingerprint density at radius 1 is 1.56 bits per heavy atom. The maximum atomic E-state index is 12.6. The van der Waals surface area contributed by atoms with Gasteiger partial charge >= 0.3 is 0 Å². The van der Waals surface area contributed by atoms with Crippen LogP contribution in [0.4, 0.5) is 0 Å². The van der Waals surface area contributed by atoms with Crippen LogP contribution in [0.2, 0.25) is 5.02 Å². The van der Waals surface area contributed by atoms with Crippen LogP contribution in [0.1, 0.15) is 31.3 Å². The smallest absolute Gasteiger partial charge is 0.271 e. The van der Waals surface area contributed by atoms with Crippen LogP contribution in [-0.2, 0) is 6.54 Å². The van der Waals surface area contributed by atoms with Crippen LogP contribution in [-0.4, -0.2) is 40.5 Å². The number of hydrogen-bond acceptors (Lipinski definition) is 2. The third-order valence-electron chi connectivity index (χ3n) is 3.47. The van der Waals surface area contributed by atoms with Gasteiger partial charge in [0.2, 0.25) is 0 Å². The van der Waals surface area contributed by atoms with Crippen molar-refractivity contribution in [2.24, 2.45) is 0 Å². The molecule has 2 rings (SSSR count). The van der Waals surface area contributed by atoms with Gasteiger partial charge in [0, 0.05) is 32.4 Å². The van der Waals surface area contributed by atoms with E-state index in [2.05, 4.69) is 19.2 Å². The second-order valence-electron chi connectivity index (χ2n) is 5.28. The van der Waals surface area contributed by atoms with E-state index in [9.17, 15) is 4.79 Å². The molecule has 5 heteroatoms. The molecule has 4 nitrogen and oxygen atoms in total. The standard InChI is InChI=1S/C13H20ClN3O/c1-4-16-8-10(14)7-11(16)12(18)17-6-5-15-9-13(17,2)3/h7-8,15H,4-6,9H2,1-3H3. The summed E-state index contributed by atoms with van der Waals surface area (Å²) in [6, 6.07) is 1.76. The number of aryl methyl sites for hydroxylation is 1. The largest absolute Gasteiger partial charge is 0.342 e. The molecule has 0 radical (unpaired) electrons. The van der Waals surface area contributed by atoms with Crippen LogP contribution >= 0.6 is 11.6 Å². The van der Waals surface area contributed by atoms with E-state index in [1.165, 1.54) is 0 Å². The van der Waals surface area contributed by atoms with Crippen LogP contribution in [0.15, 0.2) is 12.3 Å². The molecule has 0 spiro atoms. The zero-order valence-corrected chi connectivity index (χ0v) is 11.9. The number of carbonyl (C=O) groups excluding carboxylic acids is 1. The highest BCUT2D eigenvalue weighted by atomic mass is 35.5. The van der Waals surface area contributed by atoms with Gasteiger partial charge in [-0.25, -0.2) is 0 Å². The zero-order chi connectivity index (χ0) is 13.3. The predicted molar refractivity (Wildman–Crippen MR) is 73.1 cm³/mol. The van der Waals surface area contributed by atoms with Crippen LogP contribution in [0.3, 0.4) is 0 Å². The summed E-state index contributed by atoms with van der Waals surface area (Å²) in [5.74, 6) is 0.0650. The van der Waals surface area contributed by atoms with E-state index in [-0.39, 0.29) is 11.4 Å². The summed E-state index contributed by atoms with van der Waals surface area (Å²) in [6.07, 6.45) is 1.81. The lowest BCUT2D eigenvalue weighted by atomic mass is 9.99. The fourth-order valence-electron chi connectivity index (χ4n) is 2.41. The highest BCUT2D eigenvalue weighted by molar-refractivity contribution is 6.31. The van der Waals surface area contributed by atoms with Gasteiger partial charge in [-0.15, -0.1) is 0 Å². The molecule has 2 heterocycles. The fourth-order valence-corrected chi connectivity index (χ4v) is 2.63. The Morgan fingerprint density at radius 2 is 2.28 bits per heavy atom. The minimum Gasteiger partial charge on any atom is -0.342 e. The lowest BCUT2D eigenvalue weighted by Gasteiger charge is -2.42. The van der Waals surface area contributed by atoms with E-state index < -0.39 is 0 Å². The molecule has 1 aliphatic heterocycles. The first-order chi connectivity index (χ1) is 8.45. The second kappa shape index (κ2) is 4.94. The number of hydrogen-bond donors (Lipinski definition) is 1. The average Bonchev–Trinajstić information content (AvgIpc) is 2.69. The predicted octanol–water partition coefficient (Wildman–Crippen LogP) is 1.99. The summed E-state index contributed by atoms with van der Waals surface area (Å²) < 4.78 is 1.91. The maximum absolute atomic E-state index is 12.6. The molecule has 1 aliphatic rings. The fraction of sp³-hybridized carbons (Fsp3) is 0.615. The Bertz CT molecular complexity index is 453. The summed E-state index contributed by atoms with van der Waals surface area (Å²) in [5, 5.41) is 3.94. The van der Waals surface area contributed by atoms with E-state index >= 15 is 0 Å². The van der Waals surface area contributed by atoms with Crippen molar-refractivity contribution in [2.75, 3.05) is 19.6 Å². The van der Waals surface area contributed by atoms with Gasteiger partial charge in [-0.3, -0.25) is 4.79 Å². The summed E-state index contributed by atoms with van der Waals surface area (Å²) in [6.45, 7) is 9.32. The third kappa shape index (κ3) is 2.40. The Balaban J connectivity index is 2.29. The maximum Gasteiger partial charge on any atom is 0.271 e. The Morgan fingerprint density at radius 3 is 2.89 bits per heavy atom. The van der Waals surface area contributed by atoms with E-state index in [4.69, 9.17) is 11.6 Å². The van der Waals surface area contributed by atoms with E-state index in [0.717, 1.165) is 26.2 Å². The van der Waals surface area contributed by atoms with Gasteiger partial charge in [0.15, 0.2) is 0 Å². The molecule has 1 N–H and O–H groups in total. The van der Waals surface area contributed by atoms with Crippen LogP contribution < -0.4 is 5.32 Å². The minimum atomic E-state index is -0.162. The minimum absolute atomic E-state index is 0.0650. The number of amides is 1. The molecule has 1 fully saturated rings. The van der Waals surface area contributed by atoms with Gasteiger partial charge in [-0.2, -0.15) is 0 Å². The average molecular weight is 270 g/mol. The van der Waals surface area contributed by atoms with E-state index in [0.29, 0.717) is 10.7 Å². The summed E-state index contributed by atoms with van der Waals surface area (Å²) in [4.78, 5) is 14.6. The van der Waals surface area contributed by atoms with Crippen molar-refractivity contribution in [1.29, 1.82) is 0 Å². The number of nitrogens with zero attached hydrogens (tertiary/aromatic N) is 2. The third-order valence-corrected chi connectivity index (χ3v) is 3.68. The summed E-state index contributed by atoms with van der Waals surface area (Å²) >= 11 is 5.99. The normalized spacial score (nSPS) is 19.0. The van der Waals surface area contributed by atoms with Gasteiger partial charge in [-0.1, -0.05) is 11.6 Å². The van der Waals surface area contributed by atoms with Gasteiger partial charge in [-0.05, 0) is 26.8 Å². The Hall–Kier alpha value is -1.00. The lowest BCUT2D eigenvalue weighted by molar-refractivity contribution is 0.0466. The topological polar surface area (TPSA) is 37.3 Å². The first-order valence-electron chi connectivity index (χ1n) is 6.34. The van der Waals surface area contributed by atoms with Crippen molar-refractivity contribution in [2.45, 2.75) is 32.9 Å². The van der Waals surface area contributed by atoms with Crippen molar-refractivity contribution in [3.05, 3.63) is 23.0 Å². The van der Waals surface area contributed by atoms with Crippen LogP contribution in [0.5, 0.6) is 0 Å². The molecule has 18 heavy (non-hydrogen) atoms. The molecular weight excluding hydrogens is 250 g/mol. The highest BCUT2D eigenvalue weighted by Gasteiger charge is 2.34. The molecule has 0 atom stereocenters.